The molecular formula is C21H29FN2O4. The smallest absolute Gasteiger partial charge is 0.258 e. The zero-order chi connectivity index (χ0) is 20.4. The number of allylic oxidation sites excluding steroid dienone is 1. The van der Waals surface area contributed by atoms with Crippen molar-refractivity contribution in [2.45, 2.75) is 45.1 Å². The molecular weight excluding hydrogens is 363 g/mol. The van der Waals surface area contributed by atoms with Crippen molar-refractivity contribution in [2.24, 2.45) is 0 Å². The van der Waals surface area contributed by atoms with Gasteiger partial charge in [0.25, 0.3) is 5.91 Å². The van der Waals surface area contributed by atoms with E-state index in [0.29, 0.717) is 31.8 Å². The highest BCUT2D eigenvalue weighted by Crippen LogP contribution is 2.20. The van der Waals surface area contributed by atoms with Crippen molar-refractivity contribution in [3.05, 3.63) is 41.7 Å². The molecule has 0 aromatic heterocycles. The first-order valence-electron chi connectivity index (χ1n) is 9.64. The lowest BCUT2D eigenvalue weighted by atomic mass is 9.89. The minimum atomic E-state index is -0.549. The number of nitrogens with one attached hydrogen (secondary N) is 2. The molecule has 0 spiro atoms. The number of carbonyl (C=O) groups excluding carboxylic acids is 2. The van der Waals surface area contributed by atoms with Gasteiger partial charge >= 0.3 is 0 Å². The maximum Gasteiger partial charge on any atom is 0.258 e. The second kappa shape index (κ2) is 10.8. The molecule has 0 aliphatic carbocycles. The molecule has 6 nitrogen and oxygen atoms in total. The predicted octanol–water partition coefficient (Wildman–Crippen LogP) is 2.73. The first-order valence-corrected chi connectivity index (χ1v) is 9.64. The first kappa shape index (κ1) is 21.9. The second-order valence-corrected chi connectivity index (χ2v) is 7.15. The Morgan fingerprint density at radius 2 is 2.07 bits per heavy atom. The summed E-state index contributed by atoms with van der Waals surface area (Å²) in [6.07, 6.45) is 4.71. The average molecular weight is 392 g/mol. The molecule has 7 heteroatoms. The van der Waals surface area contributed by atoms with Gasteiger partial charge in [-0.1, -0.05) is 25.0 Å². The van der Waals surface area contributed by atoms with Crippen molar-refractivity contribution in [1.29, 1.82) is 0 Å². The number of benzene rings is 1. The van der Waals surface area contributed by atoms with E-state index in [-0.39, 0.29) is 25.0 Å². The molecule has 0 radical (unpaired) electrons. The van der Waals surface area contributed by atoms with E-state index in [4.69, 9.17) is 9.47 Å². The number of rotatable bonds is 9. The predicted molar refractivity (Wildman–Crippen MR) is 104 cm³/mol. The van der Waals surface area contributed by atoms with Gasteiger partial charge in [-0.2, -0.15) is 0 Å². The van der Waals surface area contributed by atoms with Gasteiger partial charge in [-0.25, -0.2) is 4.39 Å². The number of hydrogen-bond acceptors (Lipinski definition) is 4. The highest BCUT2D eigenvalue weighted by molar-refractivity contribution is 5.89. The molecule has 0 atom stereocenters. The fourth-order valence-electron chi connectivity index (χ4n) is 3.12. The zero-order valence-corrected chi connectivity index (χ0v) is 16.6. The third-order valence-corrected chi connectivity index (χ3v) is 4.65. The fourth-order valence-corrected chi connectivity index (χ4v) is 3.12. The molecule has 0 bridgehead atoms. The van der Waals surface area contributed by atoms with Crippen LogP contribution in [0.4, 0.5) is 4.39 Å². The van der Waals surface area contributed by atoms with Gasteiger partial charge in [-0.3, -0.25) is 9.59 Å². The van der Waals surface area contributed by atoms with Gasteiger partial charge in [-0.15, -0.1) is 0 Å². The van der Waals surface area contributed by atoms with E-state index in [2.05, 4.69) is 17.6 Å². The van der Waals surface area contributed by atoms with Crippen LogP contribution in [0.3, 0.4) is 0 Å². The zero-order valence-electron chi connectivity index (χ0n) is 16.6. The summed E-state index contributed by atoms with van der Waals surface area (Å²) in [6, 6.07) is 5.63. The number of hydrogen-bond donors (Lipinski definition) is 2. The molecule has 1 aromatic rings. The van der Waals surface area contributed by atoms with Crippen LogP contribution in [0.5, 0.6) is 5.75 Å². The normalized spacial score (nSPS) is 16.3. The fraction of sp³-hybridized carbons (Fsp3) is 0.524. The molecule has 1 saturated heterocycles. The monoisotopic (exact) mass is 392 g/mol. The minimum absolute atomic E-state index is 0.155. The van der Waals surface area contributed by atoms with E-state index in [0.717, 1.165) is 18.4 Å². The Labute approximate surface area is 165 Å². The Balaban J connectivity index is 1.89. The molecule has 0 saturated carbocycles. The summed E-state index contributed by atoms with van der Waals surface area (Å²) in [6.45, 7) is 5.11. The molecule has 2 amide bonds. The van der Waals surface area contributed by atoms with Gasteiger partial charge < -0.3 is 20.1 Å². The summed E-state index contributed by atoms with van der Waals surface area (Å²) in [5.41, 5.74) is 0.474. The molecule has 0 unspecified atom stereocenters. The summed E-state index contributed by atoms with van der Waals surface area (Å²) in [5, 5.41) is 5.87. The second-order valence-electron chi connectivity index (χ2n) is 7.15. The van der Waals surface area contributed by atoms with Crippen LogP contribution < -0.4 is 15.4 Å². The Bertz CT molecular complexity index is 699. The van der Waals surface area contributed by atoms with Gasteiger partial charge in [0.1, 0.15) is 11.6 Å². The number of halogens is 1. The van der Waals surface area contributed by atoms with E-state index in [1.54, 1.807) is 12.1 Å². The Hall–Kier alpha value is -2.41. The maximum atomic E-state index is 13.2. The third-order valence-electron chi connectivity index (χ3n) is 4.65. The van der Waals surface area contributed by atoms with E-state index >= 15 is 0 Å². The van der Waals surface area contributed by atoms with Gasteiger partial charge in [0.05, 0.1) is 5.54 Å². The molecule has 2 rings (SSSR count). The number of carbonyl (C=O) groups is 2. The highest BCUT2D eigenvalue weighted by atomic mass is 19.1. The quantitative estimate of drug-likeness (QED) is 0.634. The van der Waals surface area contributed by atoms with E-state index in [1.807, 2.05) is 6.92 Å². The standard InChI is InChI=1S/C21H29FN2O4/c1-3-5-16(2)12-19(25)24-21(8-10-27-11-9-21)15-23-20(26)14-28-18-7-4-6-17(22)13-18/h4,6-7,12-13H,3,5,8-11,14-15H2,1-2H3,(H,23,26)(H,24,25)/b16-12+. The van der Waals surface area contributed by atoms with Gasteiger partial charge in [0, 0.05) is 31.9 Å². The molecule has 1 aromatic carbocycles. The summed E-state index contributed by atoms with van der Waals surface area (Å²) in [5.74, 6) is -0.617. The summed E-state index contributed by atoms with van der Waals surface area (Å²) >= 11 is 0. The highest BCUT2D eigenvalue weighted by Gasteiger charge is 2.34. The van der Waals surface area contributed by atoms with Crippen molar-refractivity contribution in [1.82, 2.24) is 10.6 Å². The van der Waals surface area contributed by atoms with Crippen LogP contribution in [-0.4, -0.2) is 43.7 Å². The van der Waals surface area contributed by atoms with Crippen LogP contribution in [0, 0.1) is 5.82 Å². The van der Waals surface area contributed by atoms with Crippen molar-refractivity contribution in [3.8, 4) is 5.75 Å². The SMILES string of the molecule is CCC/C(C)=C/C(=O)NC1(CNC(=O)COc2cccc(F)c2)CCOCC1. The van der Waals surface area contributed by atoms with E-state index in [9.17, 15) is 14.0 Å². The largest absolute Gasteiger partial charge is 0.484 e. The van der Waals surface area contributed by atoms with Crippen LogP contribution in [0.25, 0.3) is 0 Å². The van der Waals surface area contributed by atoms with Gasteiger partial charge in [-0.05, 0) is 38.3 Å². The Morgan fingerprint density at radius 3 is 2.75 bits per heavy atom. The number of amides is 2. The van der Waals surface area contributed by atoms with Gasteiger partial charge in [0.2, 0.25) is 5.91 Å². The van der Waals surface area contributed by atoms with Crippen LogP contribution in [-0.2, 0) is 14.3 Å². The molecule has 28 heavy (non-hydrogen) atoms. The first-order chi connectivity index (χ1) is 13.4. The molecule has 154 valence electrons. The molecule has 1 aliphatic rings. The lowest BCUT2D eigenvalue weighted by Gasteiger charge is -2.37. The topological polar surface area (TPSA) is 76.7 Å². The Kier molecular flexibility index (Phi) is 8.44. The van der Waals surface area contributed by atoms with E-state index in [1.165, 1.54) is 18.2 Å². The summed E-state index contributed by atoms with van der Waals surface area (Å²) in [7, 11) is 0. The average Bonchev–Trinajstić information content (AvgIpc) is 2.65. The molecule has 1 aliphatic heterocycles. The molecule has 2 N–H and O–H groups in total. The van der Waals surface area contributed by atoms with Crippen molar-refractivity contribution >= 4 is 11.8 Å². The van der Waals surface area contributed by atoms with Crippen LogP contribution in [0.1, 0.15) is 39.5 Å². The summed E-state index contributed by atoms with van der Waals surface area (Å²) in [4.78, 5) is 24.5. The van der Waals surface area contributed by atoms with Crippen LogP contribution in [0.15, 0.2) is 35.9 Å². The maximum absolute atomic E-state index is 13.2. The van der Waals surface area contributed by atoms with Crippen LogP contribution >= 0.6 is 0 Å². The lowest BCUT2D eigenvalue weighted by molar-refractivity contribution is -0.125. The lowest BCUT2D eigenvalue weighted by Crippen LogP contribution is -2.58. The minimum Gasteiger partial charge on any atom is -0.484 e. The number of ether oxygens (including phenoxy) is 2. The van der Waals surface area contributed by atoms with Crippen molar-refractivity contribution < 1.29 is 23.5 Å². The van der Waals surface area contributed by atoms with Gasteiger partial charge in [0.15, 0.2) is 6.61 Å². The van der Waals surface area contributed by atoms with Crippen molar-refractivity contribution in [2.75, 3.05) is 26.4 Å². The van der Waals surface area contributed by atoms with E-state index < -0.39 is 11.4 Å². The summed E-state index contributed by atoms with van der Waals surface area (Å²) < 4.78 is 23.9. The third kappa shape index (κ3) is 7.31. The van der Waals surface area contributed by atoms with Crippen LogP contribution in [0.2, 0.25) is 0 Å². The Morgan fingerprint density at radius 1 is 1.32 bits per heavy atom. The molecule has 1 heterocycles. The molecule has 1 fully saturated rings. The van der Waals surface area contributed by atoms with Crippen molar-refractivity contribution in [3.63, 3.8) is 0 Å².